The number of rotatable bonds is 1. The second-order valence-electron chi connectivity index (χ2n) is 3.28. The van der Waals surface area contributed by atoms with Gasteiger partial charge in [-0.1, -0.05) is 41.5 Å². The van der Waals surface area contributed by atoms with Gasteiger partial charge in [-0.05, 0) is 19.4 Å². The van der Waals surface area contributed by atoms with Gasteiger partial charge in [0.15, 0.2) is 0 Å². The molecule has 0 saturated heterocycles. The molecule has 0 amide bonds. The maximum atomic E-state index is 2.28. The summed E-state index contributed by atoms with van der Waals surface area (Å²) in [5, 5.41) is 1.46. The van der Waals surface area contributed by atoms with Gasteiger partial charge in [0.25, 0.3) is 0 Å². The Bertz CT molecular complexity index is 404. The van der Waals surface area contributed by atoms with Crippen LogP contribution in [0.1, 0.15) is 11.1 Å². The Morgan fingerprint density at radius 1 is 1.00 bits per heavy atom. The van der Waals surface area contributed by atoms with E-state index in [9.17, 15) is 0 Å². The van der Waals surface area contributed by atoms with Gasteiger partial charge in [-0.15, -0.1) is 0 Å². The molecule has 0 aliphatic heterocycles. The first-order valence-corrected chi connectivity index (χ1v) is 5.39. The molecule has 2 rings (SSSR count). The molecule has 14 heavy (non-hydrogen) atoms. The Hall–Kier alpha value is 0.636. The predicted octanol–water partition coefficient (Wildman–Crippen LogP) is 1.27. The van der Waals surface area contributed by atoms with Crippen LogP contribution in [0.5, 0.6) is 0 Å². The molecular formula is C12H12KP. The Kier molecular flexibility index (Phi) is 5.12. The molecule has 1 heterocycles. The van der Waals surface area contributed by atoms with E-state index in [4.69, 9.17) is 0 Å². The maximum absolute atomic E-state index is 2.28. The van der Waals surface area contributed by atoms with Crippen LogP contribution >= 0.6 is 8.19 Å². The standard InChI is InChI=1S/C12H12P.K/c1-9-8-13-12(10(9)2)11-6-4-3-5-7-11;/h3-8H,1-2H3;/q-1;+1. The van der Waals surface area contributed by atoms with E-state index >= 15 is 0 Å². The molecule has 1 aromatic carbocycles. The molecule has 0 fully saturated rings. The second-order valence-corrected chi connectivity index (χ2v) is 4.24. The average Bonchev–Trinajstić information content (AvgIpc) is 2.49. The quantitative estimate of drug-likeness (QED) is 0.642. The van der Waals surface area contributed by atoms with Crippen molar-refractivity contribution < 1.29 is 51.4 Å². The molecular weight excluding hydrogens is 214 g/mol. The van der Waals surface area contributed by atoms with Gasteiger partial charge < -0.3 is 8.19 Å². The predicted molar refractivity (Wildman–Crippen MR) is 59.5 cm³/mol. The molecule has 0 spiro atoms. The van der Waals surface area contributed by atoms with E-state index in [1.807, 2.05) is 0 Å². The number of hydrogen-bond donors (Lipinski definition) is 0. The number of hydrogen-bond acceptors (Lipinski definition) is 0. The van der Waals surface area contributed by atoms with E-state index in [2.05, 4.69) is 50.0 Å². The number of aryl methyl sites for hydroxylation is 1. The van der Waals surface area contributed by atoms with Crippen LogP contribution < -0.4 is 51.4 Å². The minimum absolute atomic E-state index is 0. The van der Waals surface area contributed by atoms with Crippen molar-refractivity contribution in [3.05, 3.63) is 47.3 Å². The molecule has 2 heteroatoms. The third-order valence-electron chi connectivity index (χ3n) is 2.38. The molecule has 0 nitrogen and oxygen atoms in total. The van der Waals surface area contributed by atoms with Gasteiger partial charge in [0.05, 0.1) is 0 Å². The third-order valence-corrected chi connectivity index (χ3v) is 3.75. The van der Waals surface area contributed by atoms with E-state index in [1.165, 1.54) is 30.2 Å². The van der Waals surface area contributed by atoms with Crippen molar-refractivity contribution in [2.45, 2.75) is 13.8 Å². The van der Waals surface area contributed by atoms with Crippen LogP contribution in [0, 0.1) is 13.8 Å². The topological polar surface area (TPSA) is 0 Å². The summed E-state index contributed by atoms with van der Waals surface area (Å²) in [7, 11) is 1.34. The first kappa shape index (κ1) is 12.7. The molecule has 0 N–H and O–H groups in total. The van der Waals surface area contributed by atoms with Gasteiger partial charge >= 0.3 is 51.4 Å². The van der Waals surface area contributed by atoms with E-state index < -0.39 is 0 Å². The molecule has 0 bridgehead atoms. The average molecular weight is 226 g/mol. The fraction of sp³-hybridized carbons (Fsp3) is 0.167. The van der Waals surface area contributed by atoms with Crippen LogP contribution in [0.25, 0.3) is 10.9 Å². The Morgan fingerprint density at radius 3 is 2.14 bits per heavy atom. The molecule has 1 aromatic heterocycles. The number of benzene rings is 1. The van der Waals surface area contributed by atoms with E-state index in [0.717, 1.165) is 0 Å². The summed E-state index contributed by atoms with van der Waals surface area (Å²) in [4.78, 5) is 0. The fourth-order valence-electron chi connectivity index (χ4n) is 1.43. The van der Waals surface area contributed by atoms with Crippen molar-refractivity contribution in [3.8, 4) is 10.9 Å². The van der Waals surface area contributed by atoms with E-state index in [0.29, 0.717) is 0 Å². The third kappa shape index (κ3) is 2.60. The van der Waals surface area contributed by atoms with Crippen LogP contribution in [0.3, 0.4) is 0 Å². The minimum atomic E-state index is 0. The Labute approximate surface area is 130 Å². The summed E-state index contributed by atoms with van der Waals surface area (Å²) in [6.45, 7) is 4.38. The van der Waals surface area contributed by atoms with Crippen molar-refractivity contribution in [2.75, 3.05) is 0 Å². The first-order valence-electron chi connectivity index (χ1n) is 4.43. The molecule has 0 atom stereocenters. The van der Waals surface area contributed by atoms with Crippen molar-refractivity contribution in [1.82, 2.24) is 0 Å². The Morgan fingerprint density at radius 2 is 1.64 bits per heavy atom. The minimum Gasteiger partial charge on any atom is -0.522 e. The summed E-state index contributed by atoms with van der Waals surface area (Å²) < 4.78 is 0. The second kappa shape index (κ2) is 5.65. The van der Waals surface area contributed by atoms with Gasteiger partial charge in [0, 0.05) is 0 Å². The summed E-state index contributed by atoms with van der Waals surface area (Å²) in [6, 6.07) is 10.6. The molecule has 0 aliphatic rings. The van der Waals surface area contributed by atoms with Crippen molar-refractivity contribution >= 4 is 8.19 Å². The largest absolute Gasteiger partial charge is 1.00 e. The van der Waals surface area contributed by atoms with E-state index in [1.54, 1.807) is 0 Å². The van der Waals surface area contributed by atoms with Gasteiger partial charge in [-0.3, -0.25) is 0 Å². The van der Waals surface area contributed by atoms with Crippen LogP contribution in [-0.4, -0.2) is 0 Å². The molecule has 2 aromatic rings. The SMILES string of the molecule is Cc1c[p-]c(-c2ccccc2)c1C.[K+]. The summed E-state index contributed by atoms with van der Waals surface area (Å²) >= 11 is 0. The smallest absolute Gasteiger partial charge is 0.522 e. The monoisotopic (exact) mass is 226 g/mol. The molecule has 0 unspecified atom stereocenters. The normalized spacial score (nSPS) is 10.1. The Balaban J connectivity index is 0.000000980. The van der Waals surface area contributed by atoms with Crippen LogP contribution in [0.2, 0.25) is 0 Å². The summed E-state index contributed by atoms with van der Waals surface area (Å²) in [6.07, 6.45) is 0. The van der Waals surface area contributed by atoms with Crippen LogP contribution in [-0.2, 0) is 0 Å². The first-order chi connectivity index (χ1) is 6.29. The van der Waals surface area contributed by atoms with Crippen LogP contribution in [0.4, 0.5) is 0 Å². The van der Waals surface area contributed by atoms with Crippen molar-refractivity contribution in [1.29, 1.82) is 0 Å². The molecule has 0 saturated carbocycles. The van der Waals surface area contributed by atoms with Gasteiger partial charge in [0.1, 0.15) is 0 Å². The van der Waals surface area contributed by atoms with E-state index in [-0.39, 0.29) is 51.4 Å². The summed E-state index contributed by atoms with van der Waals surface area (Å²) in [5.74, 6) is 2.28. The van der Waals surface area contributed by atoms with Gasteiger partial charge in [0.2, 0.25) is 0 Å². The molecule has 0 radical (unpaired) electrons. The zero-order valence-electron chi connectivity index (χ0n) is 8.91. The molecule has 0 aliphatic carbocycles. The molecule has 66 valence electrons. The van der Waals surface area contributed by atoms with Crippen molar-refractivity contribution in [2.24, 2.45) is 0 Å². The zero-order chi connectivity index (χ0) is 9.26. The zero-order valence-corrected chi connectivity index (χ0v) is 12.9. The summed E-state index contributed by atoms with van der Waals surface area (Å²) in [5.41, 5.74) is 4.21. The van der Waals surface area contributed by atoms with Gasteiger partial charge in [-0.2, -0.15) is 5.30 Å². The van der Waals surface area contributed by atoms with Crippen molar-refractivity contribution in [3.63, 3.8) is 0 Å². The fourth-order valence-corrected chi connectivity index (χ4v) is 2.61. The maximum Gasteiger partial charge on any atom is 1.00 e. The van der Waals surface area contributed by atoms with Gasteiger partial charge in [-0.25, -0.2) is 5.80 Å². The van der Waals surface area contributed by atoms with Crippen LogP contribution in [0.15, 0.2) is 36.1 Å².